The Morgan fingerprint density at radius 1 is 1.25 bits per heavy atom. The number of halogens is 2. The van der Waals surface area contributed by atoms with Gasteiger partial charge in [0.05, 0.1) is 16.9 Å². The number of primary amides is 1. The number of anilines is 4. The fourth-order valence-electron chi connectivity index (χ4n) is 3.57. The van der Waals surface area contributed by atoms with E-state index in [1.165, 1.54) is 11.1 Å². The van der Waals surface area contributed by atoms with E-state index in [9.17, 15) is 14.0 Å². The van der Waals surface area contributed by atoms with Crippen molar-refractivity contribution in [1.82, 2.24) is 9.97 Å². The van der Waals surface area contributed by atoms with Crippen LogP contribution in [0.15, 0.2) is 48.9 Å². The van der Waals surface area contributed by atoms with Gasteiger partial charge >= 0.3 is 6.03 Å². The Bertz CT molecular complexity index is 1180. The fraction of sp³-hybridized carbons (Fsp3) is 0.182. The third kappa shape index (κ3) is 4.19. The normalized spacial score (nSPS) is 12.8. The maximum Gasteiger partial charge on any atom is 0.326 e. The first-order valence-electron chi connectivity index (χ1n) is 9.85. The number of hydrogen-bond donors (Lipinski definition) is 2. The molecule has 32 heavy (non-hydrogen) atoms. The number of nitrogens with two attached hydrogens (primary N) is 1. The van der Waals surface area contributed by atoms with E-state index in [-0.39, 0.29) is 10.7 Å². The van der Waals surface area contributed by atoms with Crippen LogP contribution >= 0.6 is 11.6 Å². The van der Waals surface area contributed by atoms with Crippen molar-refractivity contribution in [3.05, 3.63) is 70.9 Å². The number of benzene rings is 1. The smallest absolute Gasteiger partial charge is 0.326 e. The van der Waals surface area contributed by atoms with Crippen molar-refractivity contribution in [1.29, 1.82) is 0 Å². The van der Waals surface area contributed by atoms with Gasteiger partial charge in [-0.25, -0.2) is 14.2 Å². The molecule has 0 saturated carbocycles. The van der Waals surface area contributed by atoms with Gasteiger partial charge in [-0.1, -0.05) is 17.7 Å². The molecule has 0 unspecified atom stereocenters. The van der Waals surface area contributed by atoms with Gasteiger partial charge in [0.2, 0.25) is 5.91 Å². The van der Waals surface area contributed by atoms with Crippen LogP contribution in [0.5, 0.6) is 0 Å². The predicted molar refractivity (Wildman–Crippen MR) is 121 cm³/mol. The van der Waals surface area contributed by atoms with Crippen molar-refractivity contribution in [3.63, 3.8) is 0 Å². The van der Waals surface area contributed by atoms with Crippen LogP contribution in [0.1, 0.15) is 22.3 Å². The van der Waals surface area contributed by atoms with Crippen LogP contribution in [0.25, 0.3) is 0 Å². The van der Waals surface area contributed by atoms with Crippen LogP contribution in [-0.4, -0.2) is 35.5 Å². The third-order valence-corrected chi connectivity index (χ3v) is 5.56. The fourth-order valence-corrected chi connectivity index (χ4v) is 3.76. The second kappa shape index (κ2) is 8.80. The quantitative estimate of drug-likeness (QED) is 0.617. The van der Waals surface area contributed by atoms with Gasteiger partial charge in [-0.15, -0.1) is 0 Å². The minimum Gasteiger partial charge on any atom is -0.366 e. The van der Waals surface area contributed by atoms with Crippen LogP contribution in [0.4, 0.5) is 32.1 Å². The van der Waals surface area contributed by atoms with Gasteiger partial charge in [0.1, 0.15) is 11.5 Å². The Balaban J connectivity index is 1.61. The van der Waals surface area contributed by atoms with Crippen molar-refractivity contribution in [2.75, 3.05) is 28.7 Å². The Kier molecular flexibility index (Phi) is 5.91. The molecule has 10 heteroatoms. The van der Waals surface area contributed by atoms with Crippen LogP contribution in [0.2, 0.25) is 5.02 Å². The number of aromatic nitrogens is 2. The Morgan fingerprint density at radius 3 is 2.81 bits per heavy atom. The molecule has 4 rings (SSSR count). The zero-order valence-corrected chi connectivity index (χ0v) is 17.9. The molecule has 0 aliphatic carbocycles. The van der Waals surface area contributed by atoms with Gasteiger partial charge in [-0.2, -0.15) is 0 Å². The summed E-state index contributed by atoms with van der Waals surface area (Å²) in [5, 5.41) is 2.46. The maximum absolute atomic E-state index is 14.0. The number of amides is 3. The second-order valence-electron chi connectivity index (χ2n) is 7.30. The van der Waals surface area contributed by atoms with Crippen LogP contribution in [-0.2, 0) is 6.42 Å². The molecule has 1 aliphatic rings. The summed E-state index contributed by atoms with van der Waals surface area (Å²) in [5.41, 5.74) is 8.20. The van der Waals surface area contributed by atoms with Crippen molar-refractivity contribution < 1.29 is 14.0 Å². The van der Waals surface area contributed by atoms with E-state index in [1.54, 1.807) is 37.5 Å². The van der Waals surface area contributed by atoms with E-state index in [2.05, 4.69) is 15.3 Å². The first kappa shape index (κ1) is 21.5. The molecule has 1 aromatic carbocycles. The monoisotopic (exact) mass is 454 g/mol. The first-order valence-corrected chi connectivity index (χ1v) is 10.2. The number of carbonyl (C=O) groups is 2. The molecule has 1 aliphatic heterocycles. The molecule has 3 amide bonds. The summed E-state index contributed by atoms with van der Waals surface area (Å²) >= 11 is 5.95. The van der Waals surface area contributed by atoms with Crippen LogP contribution in [0.3, 0.4) is 0 Å². The Labute approximate surface area is 188 Å². The number of carbonyl (C=O) groups excluding carboxylic acids is 2. The molecule has 0 fully saturated rings. The lowest BCUT2D eigenvalue weighted by Gasteiger charge is -2.31. The zero-order valence-electron chi connectivity index (χ0n) is 17.2. The summed E-state index contributed by atoms with van der Waals surface area (Å²) in [6, 6.07) is 8.21. The molecular formula is C22H20ClFN6O2. The van der Waals surface area contributed by atoms with Gasteiger partial charge in [-0.3, -0.25) is 14.7 Å². The van der Waals surface area contributed by atoms with E-state index in [0.717, 1.165) is 30.3 Å². The summed E-state index contributed by atoms with van der Waals surface area (Å²) in [5.74, 6) is -0.624. The lowest BCUT2D eigenvalue weighted by molar-refractivity contribution is 0.1000. The summed E-state index contributed by atoms with van der Waals surface area (Å²) in [6.07, 6.45) is 5.59. The molecule has 3 aromatic rings. The highest BCUT2D eigenvalue weighted by atomic mass is 35.5. The SMILES string of the molecule is CN(C(=O)Nc1c(F)cncc1Cl)c1ccnc(N2CCCc3ccc(C(N)=O)cc32)c1. The Hall–Kier alpha value is -3.72. The first-order chi connectivity index (χ1) is 15.3. The van der Waals surface area contributed by atoms with Crippen LogP contribution in [0, 0.1) is 5.82 Å². The maximum atomic E-state index is 14.0. The van der Waals surface area contributed by atoms with Crippen LogP contribution < -0.4 is 20.9 Å². The van der Waals surface area contributed by atoms with Crippen molar-refractivity contribution >= 4 is 46.4 Å². The molecule has 3 heterocycles. The minimum atomic E-state index is -0.732. The molecule has 8 nitrogen and oxygen atoms in total. The average Bonchev–Trinajstić information content (AvgIpc) is 2.80. The molecule has 2 aromatic heterocycles. The largest absolute Gasteiger partial charge is 0.366 e. The lowest BCUT2D eigenvalue weighted by Crippen LogP contribution is -2.32. The number of fused-ring (bicyclic) bond motifs is 1. The highest BCUT2D eigenvalue weighted by molar-refractivity contribution is 6.33. The van der Waals surface area contributed by atoms with E-state index in [0.29, 0.717) is 23.6 Å². The van der Waals surface area contributed by atoms with E-state index in [4.69, 9.17) is 17.3 Å². The molecule has 0 spiro atoms. The molecule has 3 N–H and O–H groups in total. The van der Waals surface area contributed by atoms with Crippen molar-refractivity contribution in [3.8, 4) is 0 Å². The van der Waals surface area contributed by atoms with E-state index in [1.807, 2.05) is 11.0 Å². The molecule has 0 saturated heterocycles. The number of urea groups is 1. The molecule has 0 atom stereocenters. The Morgan fingerprint density at radius 2 is 2.06 bits per heavy atom. The second-order valence-corrected chi connectivity index (χ2v) is 7.71. The summed E-state index contributed by atoms with van der Waals surface area (Å²) in [7, 11) is 1.55. The summed E-state index contributed by atoms with van der Waals surface area (Å²) in [6.45, 7) is 0.694. The highest BCUT2D eigenvalue weighted by Crippen LogP contribution is 2.34. The van der Waals surface area contributed by atoms with Gasteiger partial charge < -0.3 is 16.0 Å². The molecule has 0 bridgehead atoms. The van der Waals surface area contributed by atoms with Crippen molar-refractivity contribution in [2.45, 2.75) is 12.8 Å². The van der Waals surface area contributed by atoms with E-state index < -0.39 is 17.8 Å². The third-order valence-electron chi connectivity index (χ3n) is 5.27. The van der Waals surface area contributed by atoms with Gasteiger partial charge in [0, 0.05) is 43.3 Å². The lowest BCUT2D eigenvalue weighted by atomic mass is 9.99. The topological polar surface area (TPSA) is 104 Å². The van der Waals surface area contributed by atoms with Gasteiger partial charge in [0.25, 0.3) is 0 Å². The minimum absolute atomic E-state index is 0.00246. The standard InChI is InChI=1S/C22H20ClFN6O2/c1-29(22(32)28-20-16(23)11-26-12-17(20)24)15-6-7-27-19(10-15)30-8-2-3-13-4-5-14(21(25)31)9-18(13)30/h4-7,9-12H,2-3,8H2,1H3,(H2,25,31)(H,26,28,32). The molecule has 164 valence electrons. The number of nitrogens with zero attached hydrogens (tertiary/aromatic N) is 4. The molecular weight excluding hydrogens is 435 g/mol. The molecule has 0 radical (unpaired) electrons. The highest BCUT2D eigenvalue weighted by Gasteiger charge is 2.22. The number of hydrogen-bond acceptors (Lipinski definition) is 5. The average molecular weight is 455 g/mol. The zero-order chi connectivity index (χ0) is 22.8. The van der Waals surface area contributed by atoms with Crippen molar-refractivity contribution in [2.24, 2.45) is 5.73 Å². The number of aryl methyl sites for hydroxylation is 1. The number of pyridine rings is 2. The number of rotatable bonds is 4. The van der Waals surface area contributed by atoms with E-state index >= 15 is 0 Å². The predicted octanol–water partition coefficient (Wildman–Crippen LogP) is 4.12. The summed E-state index contributed by atoms with van der Waals surface area (Å²) < 4.78 is 14.0. The van der Waals surface area contributed by atoms with Gasteiger partial charge in [-0.05, 0) is 36.6 Å². The summed E-state index contributed by atoms with van der Waals surface area (Å²) in [4.78, 5) is 35.8. The number of nitrogens with one attached hydrogen (secondary N) is 1. The van der Waals surface area contributed by atoms with Gasteiger partial charge in [0.15, 0.2) is 5.82 Å².